The van der Waals surface area contributed by atoms with Crippen LogP contribution in [0.25, 0.3) is 0 Å². The molecule has 0 aliphatic carbocycles. The summed E-state index contributed by atoms with van der Waals surface area (Å²) in [7, 11) is 0. The van der Waals surface area contributed by atoms with Gasteiger partial charge < -0.3 is 0 Å². The van der Waals surface area contributed by atoms with E-state index in [-0.39, 0.29) is 15.6 Å². The minimum absolute atomic E-state index is 0.180. The molecular formula is C4H6Cl2OS. The standard InChI is InChI=1S/C4H6Cl2OS/c1-4(2,6)3(5)8-7/h1-2H3. The first-order valence-electron chi connectivity index (χ1n) is 2.00. The molecule has 0 radical (unpaired) electrons. The molecule has 4 heteroatoms. The number of rotatable bonds is 1. The smallest absolute Gasteiger partial charge is 0.131 e. The van der Waals surface area contributed by atoms with Crippen molar-refractivity contribution >= 4 is 38.8 Å². The normalized spacial score (nSPS) is 11.0. The third-order valence-corrected chi connectivity index (χ3v) is 2.26. The molecule has 0 saturated heterocycles. The van der Waals surface area contributed by atoms with Gasteiger partial charge >= 0.3 is 0 Å². The minimum atomic E-state index is -0.687. The van der Waals surface area contributed by atoms with Crippen molar-refractivity contribution in [2.75, 3.05) is 0 Å². The summed E-state index contributed by atoms with van der Waals surface area (Å²) in [6.07, 6.45) is 0. The van der Waals surface area contributed by atoms with Crippen LogP contribution >= 0.6 is 23.2 Å². The quantitative estimate of drug-likeness (QED) is 0.334. The highest BCUT2D eigenvalue weighted by Gasteiger charge is 2.18. The molecule has 1 nitrogen and oxygen atoms in total. The topological polar surface area (TPSA) is 17.1 Å². The molecular weight excluding hydrogens is 167 g/mol. The Morgan fingerprint density at radius 1 is 1.62 bits per heavy atom. The molecule has 0 rings (SSSR count). The second-order valence-corrected chi connectivity index (χ2v) is 3.95. The highest BCUT2D eigenvalue weighted by molar-refractivity contribution is 7.70. The Bertz CT molecular complexity index is 131. The molecule has 0 aromatic heterocycles. The molecule has 48 valence electrons. The SMILES string of the molecule is CC(C)(Cl)C(Cl)=S=O. The summed E-state index contributed by atoms with van der Waals surface area (Å²) < 4.78 is 10.1. The van der Waals surface area contributed by atoms with Crippen molar-refractivity contribution in [2.24, 2.45) is 0 Å². The van der Waals surface area contributed by atoms with Gasteiger partial charge in [0.25, 0.3) is 0 Å². The molecule has 0 unspecified atom stereocenters. The van der Waals surface area contributed by atoms with Crippen LogP contribution < -0.4 is 0 Å². The number of hydrogen-bond acceptors (Lipinski definition) is 1. The fourth-order valence-corrected chi connectivity index (χ4v) is 0.392. The van der Waals surface area contributed by atoms with Gasteiger partial charge in [-0.05, 0) is 13.8 Å². The second-order valence-electron chi connectivity index (χ2n) is 1.83. The summed E-state index contributed by atoms with van der Waals surface area (Å²) >= 11 is 11.2. The van der Waals surface area contributed by atoms with Crippen molar-refractivity contribution in [3.05, 3.63) is 0 Å². The Hall–Kier alpha value is 0.470. The van der Waals surface area contributed by atoms with Gasteiger partial charge in [-0.1, -0.05) is 11.6 Å². The molecule has 8 heavy (non-hydrogen) atoms. The first kappa shape index (κ1) is 8.47. The van der Waals surface area contributed by atoms with Gasteiger partial charge in [0.2, 0.25) is 0 Å². The van der Waals surface area contributed by atoms with E-state index >= 15 is 0 Å². The van der Waals surface area contributed by atoms with E-state index in [2.05, 4.69) is 0 Å². The van der Waals surface area contributed by atoms with Gasteiger partial charge in [0, 0.05) is 0 Å². The zero-order chi connectivity index (χ0) is 6.78. The second kappa shape index (κ2) is 2.85. The van der Waals surface area contributed by atoms with Crippen LogP contribution in [-0.4, -0.2) is 13.4 Å². The van der Waals surface area contributed by atoms with E-state index < -0.39 is 4.87 Å². The Balaban J connectivity index is 4.26. The number of alkyl halides is 1. The predicted octanol–water partition coefficient (Wildman–Crippen LogP) is 1.59. The molecule has 0 N–H and O–H groups in total. The van der Waals surface area contributed by atoms with Crippen molar-refractivity contribution in [1.29, 1.82) is 0 Å². The van der Waals surface area contributed by atoms with Crippen LogP contribution in [0.5, 0.6) is 0 Å². The predicted molar refractivity (Wildman–Crippen MR) is 38.9 cm³/mol. The maximum absolute atomic E-state index is 9.94. The van der Waals surface area contributed by atoms with Crippen molar-refractivity contribution in [1.82, 2.24) is 0 Å². The van der Waals surface area contributed by atoms with Crippen LogP contribution in [0.15, 0.2) is 0 Å². The van der Waals surface area contributed by atoms with Crippen LogP contribution in [0.2, 0.25) is 0 Å². The fourth-order valence-electron chi connectivity index (χ4n) is 0.0991. The van der Waals surface area contributed by atoms with E-state index in [1.54, 1.807) is 13.8 Å². The van der Waals surface area contributed by atoms with E-state index in [4.69, 9.17) is 23.2 Å². The van der Waals surface area contributed by atoms with Gasteiger partial charge in [-0.15, -0.1) is 11.6 Å². The summed E-state index contributed by atoms with van der Waals surface area (Å²) in [5.74, 6) is 0. The molecule has 0 aromatic carbocycles. The Morgan fingerprint density at radius 3 is 2.00 bits per heavy atom. The summed E-state index contributed by atoms with van der Waals surface area (Å²) in [4.78, 5) is -0.687. The molecule has 0 aliphatic rings. The highest BCUT2D eigenvalue weighted by Crippen LogP contribution is 2.15. The van der Waals surface area contributed by atoms with Crippen LogP contribution in [0.3, 0.4) is 0 Å². The van der Waals surface area contributed by atoms with Crippen LogP contribution in [0, 0.1) is 0 Å². The first-order valence-corrected chi connectivity index (χ1v) is 3.50. The first-order chi connectivity index (χ1) is 3.48. The summed E-state index contributed by atoms with van der Waals surface area (Å²) in [6.45, 7) is 3.34. The molecule has 0 bridgehead atoms. The summed E-state index contributed by atoms with van der Waals surface area (Å²) in [6, 6.07) is 0. The van der Waals surface area contributed by atoms with Crippen LogP contribution in [-0.2, 0) is 11.3 Å². The zero-order valence-electron chi connectivity index (χ0n) is 4.57. The average Bonchev–Trinajstić information content (AvgIpc) is 1.62. The molecule has 0 heterocycles. The third-order valence-electron chi connectivity index (χ3n) is 0.541. The highest BCUT2D eigenvalue weighted by atomic mass is 35.5. The van der Waals surface area contributed by atoms with Gasteiger partial charge in [0.1, 0.15) is 15.6 Å². The number of hydrogen-bond donors (Lipinski definition) is 0. The molecule has 0 fully saturated rings. The van der Waals surface area contributed by atoms with Gasteiger partial charge in [-0.3, -0.25) is 0 Å². The Labute approximate surface area is 62.1 Å². The summed E-state index contributed by atoms with van der Waals surface area (Å²) in [5.41, 5.74) is 0. The van der Waals surface area contributed by atoms with Crippen LogP contribution in [0.4, 0.5) is 0 Å². The average molecular weight is 173 g/mol. The van der Waals surface area contributed by atoms with Gasteiger partial charge in [0.15, 0.2) is 0 Å². The lowest BCUT2D eigenvalue weighted by molar-refractivity contribution is 0.700. The lowest BCUT2D eigenvalue weighted by Crippen LogP contribution is -2.18. The third kappa shape index (κ3) is 2.70. The van der Waals surface area contributed by atoms with Crippen molar-refractivity contribution in [3.8, 4) is 0 Å². The largest absolute Gasteiger partial charge is 0.211 e. The Morgan fingerprint density at radius 2 is 2.00 bits per heavy atom. The maximum atomic E-state index is 9.94. The zero-order valence-corrected chi connectivity index (χ0v) is 6.90. The molecule has 0 atom stereocenters. The van der Waals surface area contributed by atoms with Gasteiger partial charge in [-0.25, -0.2) is 4.21 Å². The Kier molecular flexibility index (Phi) is 3.02. The van der Waals surface area contributed by atoms with E-state index in [9.17, 15) is 4.21 Å². The minimum Gasteiger partial charge on any atom is -0.211 e. The van der Waals surface area contributed by atoms with E-state index in [0.717, 1.165) is 0 Å². The van der Waals surface area contributed by atoms with Crippen molar-refractivity contribution in [2.45, 2.75) is 18.7 Å². The van der Waals surface area contributed by atoms with Gasteiger partial charge in [0.05, 0.1) is 4.87 Å². The molecule has 0 aromatic rings. The van der Waals surface area contributed by atoms with Gasteiger partial charge in [-0.2, -0.15) is 0 Å². The van der Waals surface area contributed by atoms with E-state index in [1.807, 2.05) is 0 Å². The molecule has 0 saturated carbocycles. The van der Waals surface area contributed by atoms with E-state index in [1.165, 1.54) is 0 Å². The van der Waals surface area contributed by atoms with E-state index in [0.29, 0.717) is 0 Å². The summed E-state index contributed by atoms with van der Waals surface area (Å²) in [5, 5.41) is 0. The fraction of sp³-hybridized carbons (Fsp3) is 0.750. The monoisotopic (exact) mass is 172 g/mol. The lowest BCUT2D eigenvalue weighted by atomic mass is 10.2. The van der Waals surface area contributed by atoms with Crippen molar-refractivity contribution in [3.63, 3.8) is 0 Å². The van der Waals surface area contributed by atoms with Crippen LogP contribution in [0.1, 0.15) is 13.8 Å². The number of halogens is 2. The molecule has 0 aliphatic heterocycles. The lowest BCUT2D eigenvalue weighted by Gasteiger charge is -2.08. The molecule has 0 amide bonds. The van der Waals surface area contributed by atoms with Crippen molar-refractivity contribution < 1.29 is 4.21 Å². The maximum Gasteiger partial charge on any atom is 0.131 e. The molecule has 0 spiro atoms.